The SMILES string of the molecule is COc1ccc(Oc2cc(NC(=O)c3ccccc3Cl)ccc2OC)cc1. The van der Waals surface area contributed by atoms with E-state index in [4.69, 9.17) is 25.8 Å². The average Bonchev–Trinajstić information content (AvgIpc) is 2.69. The topological polar surface area (TPSA) is 56.8 Å². The van der Waals surface area contributed by atoms with E-state index in [0.717, 1.165) is 5.75 Å². The molecule has 0 aromatic heterocycles. The van der Waals surface area contributed by atoms with Crippen molar-refractivity contribution in [1.29, 1.82) is 0 Å². The molecule has 0 saturated carbocycles. The Hall–Kier alpha value is -3.18. The van der Waals surface area contributed by atoms with E-state index in [-0.39, 0.29) is 5.91 Å². The molecule has 0 unspecified atom stereocenters. The molecule has 0 saturated heterocycles. The second kappa shape index (κ2) is 8.47. The number of rotatable bonds is 6. The molecule has 0 radical (unpaired) electrons. The first-order chi connectivity index (χ1) is 13.1. The Morgan fingerprint density at radius 2 is 1.56 bits per heavy atom. The van der Waals surface area contributed by atoms with Gasteiger partial charge in [-0.1, -0.05) is 23.7 Å². The van der Waals surface area contributed by atoms with Gasteiger partial charge < -0.3 is 19.5 Å². The zero-order valence-corrected chi connectivity index (χ0v) is 15.6. The van der Waals surface area contributed by atoms with Crippen molar-refractivity contribution in [3.8, 4) is 23.0 Å². The predicted octanol–water partition coefficient (Wildman–Crippen LogP) is 5.40. The van der Waals surface area contributed by atoms with Crippen molar-refractivity contribution in [3.05, 3.63) is 77.3 Å². The number of nitrogens with one attached hydrogen (secondary N) is 1. The maximum Gasteiger partial charge on any atom is 0.257 e. The Morgan fingerprint density at radius 3 is 2.22 bits per heavy atom. The van der Waals surface area contributed by atoms with Gasteiger partial charge in [0.25, 0.3) is 5.91 Å². The number of halogens is 1. The van der Waals surface area contributed by atoms with Crippen LogP contribution in [0.1, 0.15) is 10.4 Å². The van der Waals surface area contributed by atoms with Crippen LogP contribution in [0.3, 0.4) is 0 Å². The van der Waals surface area contributed by atoms with Gasteiger partial charge in [-0.05, 0) is 48.5 Å². The fraction of sp³-hybridized carbons (Fsp3) is 0.0952. The van der Waals surface area contributed by atoms with Crippen LogP contribution in [0.15, 0.2) is 66.7 Å². The van der Waals surface area contributed by atoms with E-state index < -0.39 is 0 Å². The number of hydrogen-bond acceptors (Lipinski definition) is 4. The minimum absolute atomic E-state index is 0.304. The highest BCUT2D eigenvalue weighted by atomic mass is 35.5. The van der Waals surface area contributed by atoms with E-state index in [2.05, 4.69) is 5.32 Å². The number of ether oxygens (including phenoxy) is 3. The summed E-state index contributed by atoms with van der Waals surface area (Å²) in [6.45, 7) is 0. The van der Waals surface area contributed by atoms with Crippen LogP contribution in [0.4, 0.5) is 5.69 Å². The third-order valence-corrected chi connectivity index (χ3v) is 4.16. The summed E-state index contributed by atoms with van der Waals surface area (Å²) in [6, 6.07) is 19.2. The van der Waals surface area contributed by atoms with Crippen molar-refractivity contribution in [3.63, 3.8) is 0 Å². The molecular formula is C21H18ClNO4. The molecule has 27 heavy (non-hydrogen) atoms. The molecule has 5 nitrogen and oxygen atoms in total. The van der Waals surface area contributed by atoms with Crippen molar-refractivity contribution in [2.75, 3.05) is 19.5 Å². The average molecular weight is 384 g/mol. The molecule has 0 fully saturated rings. The van der Waals surface area contributed by atoms with E-state index in [1.54, 1.807) is 80.9 Å². The second-order valence-electron chi connectivity index (χ2n) is 5.58. The summed E-state index contributed by atoms with van der Waals surface area (Å²) in [7, 11) is 3.16. The molecule has 3 aromatic carbocycles. The highest BCUT2D eigenvalue weighted by Crippen LogP contribution is 2.34. The normalized spacial score (nSPS) is 10.2. The molecule has 3 rings (SSSR count). The summed E-state index contributed by atoms with van der Waals surface area (Å²) in [6.07, 6.45) is 0. The Labute approximate surface area is 162 Å². The largest absolute Gasteiger partial charge is 0.497 e. The quantitative estimate of drug-likeness (QED) is 0.619. The van der Waals surface area contributed by atoms with Crippen LogP contribution in [0.25, 0.3) is 0 Å². The van der Waals surface area contributed by atoms with Gasteiger partial charge in [0.05, 0.1) is 24.8 Å². The van der Waals surface area contributed by atoms with Crippen molar-refractivity contribution in [1.82, 2.24) is 0 Å². The number of benzene rings is 3. The van der Waals surface area contributed by atoms with Crippen LogP contribution in [0.5, 0.6) is 23.0 Å². The summed E-state index contributed by atoms with van der Waals surface area (Å²) in [5, 5.41) is 3.20. The fourth-order valence-electron chi connectivity index (χ4n) is 2.45. The van der Waals surface area contributed by atoms with Crippen LogP contribution >= 0.6 is 11.6 Å². The van der Waals surface area contributed by atoms with E-state index in [9.17, 15) is 4.79 Å². The van der Waals surface area contributed by atoms with Gasteiger partial charge in [-0.2, -0.15) is 0 Å². The molecule has 0 aliphatic rings. The smallest absolute Gasteiger partial charge is 0.257 e. The van der Waals surface area contributed by atoms with Crippen LogP contribution < -0.4 is 19.5 Å². The highest BCUT2D eigenvalue weighted by Gasteiger charge is 2.12. The van der Waals surface area contributed by atoms with Gasteiger partial charge in [0.1, 0.15) is 11.5 Å². The number of hydrogen-bond donors (Lipinski definition) is 1. The summed E-state index contributed by atoms with van der Waals surface area (Å²) in [5.74, 6) is 2.06. The van der Waals surface area contributed by atoms with Crippen molar-refractivity contribution < 1.29 is 19.0 Å². The first-order valence-corrected chi connectivity index (χ1v) is 8.54. The van der Waals surface area contributed by atoms with Gasteiger partial charge in [-0.3, -0.25) is 4.79 Å². The highest BCUT2D eigenvalue weighted by molar-refractivity contribution is 6.34. The third kappa shape index (κ3) is 4.51. The second-order valence-corrected chi connectivity index (χ2v) is 5.98. The molecule has 0 bridgehead atoms. The van der Waals surface area contributed by atoms with Gasteiger partial charge in [0.15, 0.2) is 11.5 Å². The van der Waals surface area contributed by atoms with E-state index in [1.807, 2.05) is 0 Å². The molecule has 1 amide bonds. The molecule has 1 N–H and O–H groups in total. The number of carbonyl (C=O) groups excluding carboxylic acids is 1. The summed E-state index contributed by atoms with van der Waals surface area (Å²) in [4.78, 5) is 12.4. The maximum absolute atomic E-state index is 12.4. The standard InChI is InChI=1S/C21H18ClNO4/c1-25-15-8-10-16(11-9-15)27-20-13-14(7-12-19(20)26-2)23-21(24)17-5-3-4-6-18(17)22/h3-13H,1-2H3,(H,23,24). The molecule has 6 heteroatoms. The lowest BCUT2D eigenvalue weighted by atomic mass is 10.2. The predicted molar refractivity (Wildman–Crippen MR) is 105 cm³/mol. The molecule has 0 atom stereocenters. The Balaban J connectivity index is 1.82. The number of amides is 1. The molecule has 0 aliphatic carbocycles. The van der Waals surface area contributed by atoms with Gasteiger partial charge in [0, 0.05) is 11.8 Å². The van der Waals surface area contributed by atoms with Crippen molar-refractivity contribution >= 4 is 23.2 Å². The fourth-order valence-corrected chi connectivity index (χ4v) is 2.67. The minimum atomic E-state index is -0.304. The number of methoxy groups -OCH3 is 2. The first kappa shape index (κ1) is 18.6. The third-order valence-electron chi connectivity index (χ3n) is 3.83. The van der Waals surface area contributed by atoms with Crippen LogP contribution in [0.2, 0.25) is 5.02 Å². The van der Waals surface area contributed by atoms with Crippen molar-refractivity contribution in [2.45, 2.75) is 0 Å². The van der Waals surface area contributed by atoms with E-state index >= 15 is 0 Å². The van der Waals surface area contributed by atoms with Crippen LogP contribution in [0, 0.1) is 0 Å². The van der Waals surface area contributed by atoms with Gasteiger partial charge in [0.2, 0.25) is 0 Å². The van der Waals surface area contributed by atoms with Crippen LogP contribution in [-0.4, -0.2) is 20.1 Å². The minimum Gasteiger partial charge on any atom is -0.497 e. The first-order valence-electron chi connectivity index (χ1n) is 8.16. The van der Waals surface area contributed by atoms with E-state index in [0.29, 0.717) is 33.5 Å². The molecule has 3 aromatic rings. The Kier molecular flexibility index (Phi) is 5.84. The van der Waals surface area contributed by atoms with Gasteiger partial charge >= 0.3 is 0 Å². The summed E-state index contributed by atoms with van der Waals surface area (Å²) < 4.78 is 16.4. The molecule has 0 spiro atoms. The molecule has 138 valence electrons. The molecule has 0 aliphatic heterocycles. The van der Waals surface area contributed by atoms with Crippen molar-refractivity contribution in [2.24, 2.45) is 0 Å². The number of anilines is 1. The summed E-state index contributed by atoms with van der Waals surface area (Å²) in [5.41, 5.74) is 0.955. The molecular weight excluding hydrogens is 366 g/mol. The lowest BCUT2D eigenvalue weighted by Crippen LogP contribution is -2.12. The van der Waals surface area contributed by atoms with Gasteiger partial charge in [-0.25, -0.2) is 0 Å². The lowest BCUT2D eigenvalue weighted by molar-refractivity contribution is 0.102. The zero-order valence-electron chi connectivity index (χ0n) is 14.9. The summed E-state index contributed by atoms with van der Waals surface area (Å²) >= 11 is 6.08. The Morgan fingerprint density at radius 1 is 0.852 bits per heavy atom. The van der Waals surface area contributed by atoms with Gasteiger partial charge in [-0.15, -0.1) is 0 Å². The zero-order chi connectivity index (χ0) is 19.2. The number of carbonyl (C=O) groups is 1. The monoisotopic (exact) mass is 383 g/mol. The Bertz CT molecular complexity index is 941. The lowest BCUT2D eigenvalue weighted by Gasteiger charge is -2.13. The maximum atomic E-state index is 12.4. The van der Waals surface area contributed by atoms with Crippen LogP contribution in [-0.2, 0) is 0 Å². The van der Waals surface area contributed by atoms with E-state index in [1.165, 1.54) is 0 Å². The molecule has 0 heterocycles.